The molecule has 0 aliphatic heterocycles. The number of hydrogen-bond acceptors (Lipinski definition) is 1. The zero-order chi connectivity index (χ0) is 13.3. The van der Waals surface area contributed by atoms with E-state index in [1.807, 2.05) is 0 Å². The molecule has 0 heterocycles. The lowest BCUT2D eigenvalue weighted by Crippen LogP contribution is -2.00. The zero-order valence-electron chi connectivity index (χ0n) is 9.58. The fourth-order valence-corrected chi connectivity index (χ4v) is 1.94. The highest BCUT2D eigenvalue weighted by Crippen LogP contribution is 2.29. The Morgan fingerprint density at radius 3 is 2.50 bits per heavy atom. The number of carboxylic acids is 1. The van der Waals surface area contributed by atoms with Gasteiger partial charge >= 0.3 is 5.97 Å². The average Bonchev–Trinajstić information content (AvgIpc) is 2.28. The second kappa shape index (κ2) is 4.78. The summed E-state index contributed by atoms with van der Waals surface area (Å²) in [6.07, 6.45) is 0. The monoisotopic (exact) mass is 264 g/mol. The molecule has 0 aliphatic rings. The number of carbonyl (C=O) groups is 1. The molecular weight excluding hydrogens is 255 g/mol. The van der Waals surface area contributed by atoms with Gasteiger partial charge in [-0.15, -0.1) is 0 Å². The maximum atomic E-state index is 13.9. The van der Waals surface area contributed by atoms with Crippen molar-refractivity contribution >= 4 is 17.6 Å². The molecule has 0 spiro atoms. The molecule has 0 radical (unpaired) electrons. The summed E-state index contributed by atoms with van der Waals surface area (Å²) < 4.78 is 13.9. The lowest BCUT2D eigenvalue weighted by molar-refractivity contribution is 0.0698. The number of benzene rings is 2. The average molecular weight is 265 g/mol. The molecule has 0 aliphatic carbocycles. The number of aryl methyl sites for hydroxylation is 1. The van der Waals surface area contributed by atoms with Gasteiger partial charge in [0.05, 0.1) is 5.56 Å². The van der Waals surface area contributed by atoms with Crippen LogP contribution in [0.1, 0.15) is 15.9 Å². The van der Waals surface area contributed by atoms with Crippen LogP contribution in [0.5, 0.6) is 0 Å². The second-order valence-corrected chi connectivity index (χ2v) is 4.41. The first-order valence-electron chi connectivity index (χ1n) is 5.28. The summed E-state index contributed by atoms with van der Waals surface area (Å²) in [5.74, 6) is -1.57. The molecular formula is C14H10ClFO2. The van der Waals surface area contributed by atoms with Crippen molar-refractivity contribution in [3.8, 4) is 11.1 Å². The molecule has 0 saturated heterocycles. The fraction of sp³-hybridized carbons (Fsp3) is 0.0714. The molecule has 2 rings (SSSR count). The van der Waals surface area contributed by atoms with Gasteiger partial charge in [0.1, 0.15) is 5.82 Å². The number of aromatic carboxylic acids is 1. The summed E-state index contributed by atoms with van der Waals surface area (Å²) in [6, 6.07) is 8.95. The lowest BCUT2D eigenvalue weighted by Gasteiger charge is -2.08. The molecule has 92 valence electrons. The van der Waals surface area contributed by atoms with Gasteiger partial charge < -0.3 is 5.11 Å². The van der Waals surface area contributed by atoms with Gasteiger partial charge in [0, 0.05) is 16.1 Å². The van der Waals surface area contributed by atoms with Crippen molar-refractivity contribution in [2.75, 3.05) is 0 Å². The molecule has 0 bridgehead atoms. The van der Waals surface area contributed by atoms with Gasteiger partial charge in [0.2, 0.25) is 0 Å². The van der Waals surface area contributed by atoms with E-state index in [1.165, 1.54) is 24.3 Å². The van der Waals surface area contributed by atoms with Crippen molar-refractivity contribution in [1.82, 2.24) is 0 Å². The molecule has 2 nitrogen and oxygen atoms in total. The molecule has 2 aromatic carbocycles. The number of hydrogen-bond donors (Lipinski definition) is 1. The van der Waals surface area contributed by atoms with Crippen molar-refractivity contribution in [2.24, 2.45) is 0 Å². The van der Waals surface area contributed by atoms with Crippen LogP contribution < -0.4 is 0 Å². The van der Waals surface area contributed by atoms with Crippen LogP contribution in [0.3, 0.4) is 0 Å². The third kappa shape index (κ3) is 2.36. The van der Waals surface area contributed by atoms with Crippen molar-refractivity contribution in [1.29, 1.82) is 0 Å². The Morgan fingerprint density at radius 2 is 1.89 bits per heavy atom. The molecule has 18 heavy (non-hydrogen) atoms. The van der Waals surface area contributed by atoms with Crippen molar-refractivity contribution in [3.05, 3.63) is 58.4 Å². The third-order valence-corrected chi connectivity index (χ3v) is 2.86. The largest absolute Gasteiger partial charge is 0.478 e. The van der Waals surface area contributed by atoms with Crippen molar-refractivity contribution < 1.29 is 14.3 Å². The Hall–Kier alpha value is -1.87. The van der Waals surface area contributed by atoms with E-state index >= 15 is 0 Å². The normalized spacial score (nSPS) is 10.4. The second-order valence-electron chi connectivity index (χ2n) is 3.98. The van der Waals surface area contributed by atoms with E-state index in [0.29, 0.717) is 5.02 Å². The maximum Gasteiger partial charge on any atom is 0.336 e. The molecule has 0 unspecified atom stereocenters. The number of halogens is 2. The minimum atomic E-state index is -1.11. The van der Waals surface area contributed by atoms with E-state index in [-0.39, 0.29) is 16.7 Å². The van der Waals surface area contributed by atoms with Crippen LogP contribution >= 0.6 is 11.6 Å². The Kier molecular flexibility index (Phi) is 3.34. The van der Waals surface area contributed by atoms with Gasteiger partial charge in [-0.1, -0.05) is 23.7 Å². The Balaban J connectivity index is 2.69. The molecule has 1 N–H and O–H groups in total. The Morgan fingerprint density at radius 1 is 1.17 bits per heavy atom. The summed E-state index contributed by atoms with van der Waals surface area (Å²) in [7, 11) is 0. The quantitative estimate of drug-likeness (QED) is 0.885. The predicted octanol–water partition coefficient (Wildman–Crippen LogP) is 4.15. The third-order valence-electron chi connectivity index (χ3n) is 2.63. The van der Waals surface area contributed by atoms with Gasteiger partial charge in [-0.3, -0.25) is 0 Å². The van der Waals surface area contributed by atoms with Crippen LogP contribution in [-0.2, 0) is 0 Å². The summed E-state index contributed by atoms with van der Waals surface area (Å²) in [6.45, 7) is 1.77. The minimum absolute atomic E-state index is 0.0298. The predicted molar refractivity (Wildman–Crippen MR) is 68.5 cm³/mol. The smallest absolute Gasteiger partial charge is 0.336 e. The van der Waals surface area contributed by atoms with Gasteiger partial charge in [0.15, 0.2) is 0 Å². The first kappa shape index (κ1) is 12.6. The van der Waals surface area contributed by atoms with E-state index < -0.39 is 11.8 Å². The molecule has 0 saturated carbocycles. The van der Waals surface area contributed by atoms with E-state index in [1.54, 1.807) is 19.1 Å². The molecule has 4 heteroatoms. The van der Waals surface area contributed by atoms with Gasteiger partial charge in [-0.05, 0) is 36.8 Å². The molecule has 2 aromatic rings. The summed E-state index contributed by atoms with van der Waals surface area (Å²) in [4.78, 5) is 11.1. The van der Waals surface area contributed by atoms with Crippen LogP contribution in [-0.4, -0.2) is 11.1 Å². The zero-order valence-corrected chi connectivity index (χ0v) is 10.3. The van der Waals surface area contributed by atoms with Crippen LogP contribution in [0.4, 0.5) is 4.39 Å². The van der Waals surface area contributed by atoms with E-state index in [2.05, 4.69) is 0 Å². The maximum absolute atomic E-state index is 13.9. The van der Waals surface area contributed by atoms with Crippen molar-refractivity contribution in [2.45, 2.75) is 6.92 Å². The number of carboxylic acid groups (broad SMARTS) is 1. The molecule has 0 aromatic heterocycles. The van der Waals surface area contributed by atoms with Crippen LogP contribution in [0.2, 0.25) is 5.02 Å². The van der Waals surface area contributed by atoms with Crippen molar-refractivity contribution in [3.63, 3.8) is 0 Å². The lowest BCUT2D eigenvalue weighted by atomic mass is 9.98. The molecule has 0 atom stereocenters. The van der Waals surface area contributed by atoms with Gasteiger partial charge in [0.25, 0.3) is 0 Å². The first-order valence-corrected chi connectivity index (χ1v) is 5.66. The van der Waals surface area contributed by atoms with Crippen LogP contribution in [0, 0.1) is 12.7 Å². The fourth-order valence-electron chi connectivity index (χ4n) is 1.76. The van der Waals surface area contributed by atoms with Gasteiger partial charge in [-0.2, -0.15) is 0 Å². The Labute approximate surface area is 109 Å². The number of rotatable bonds is 2. The standard InChI is InChI=1S/C14H10ClFO2/c1-8-2-4-10(13(16)6-8)12-7-9(15)3-5-11(12)14(17)18/h2-7H,1H3,(H,17,18). The first-order chi connectivity index (χ1) is 8.49. The van der Waals surface area contributed by atoms with Crippen LogP contribution in [0.25, 0.3) is 11.1 Å². The summed E-state index contributed by atoms with van der Waals surface area (Å²) in [5, 5.41) is 9.47. The van der Waals surface area contributed by atoms with Gasteiger partial charge in [-0.25, -0.2) is 9.18 Å². The van der Waals surface area contributed by atoms with E-state index in [4.69, 9.17) is 16.7 Å². The highest BCUT2D eigenvalue weighted by atomic mass is 35.5. The molecule has 0 amide bonds. The summed E-state index contributed by atoms with van der Waals surface area (Å²) >= 11 is 5.84. The minimum Gasteiger partial charge on any atom is -0.478 e. The van der Waals surface area contributed by atoms with E-state index in [9.17, 15) is 9.18 Å². The van der Waals surface area contributed by atoms with E-state index in [0.717, 1.165) is 5.56 Å². The summed E-state index contributed by atoms with van der Waals surface area (Å²) in [5.41, 5.74) is 1.32. The molecule has 0 fully saturated rings. The van der Waals surface area contributed by atoms with Crippen LogP contribution in [0.15, 0.2) is 36.4 Å². The Bertz CT molecular complexity index is 623. The highest BCUT2D eigenvalue weighted by Gasteiger charge is 2.15. The topological polar surface area (TPSA) is 37.3 Å². The SMILES string of the molecule is Cc1ccc(-c2cc(Cl)ccc2C(=O)O)c(F)c1. The highest BCUT2D eigenvalue weighted by molar-refractivity contribution is 6.31.